The summed E-state index contributed by atoms with van der Waals surface area (Å²) < 4.78 is 10.2. The molecule has 2 fully saturated rings. The smallest absolute Gasteiger partial charge is 0.224 e. The van der Waals surface area contributed by atoms with E-state index < -0.39 is 0 Å². The number of ether oxygens (including phenoxy) is 2. The minimum Gasteiger partial charge on any atom is -0.382 e. The summed E-state index contributed by atoms with van der Waals surface area (Å²) in [5.41, 5.74) is 0. The van der Waals surface area contributed by atoms with Gasteiger partial charge in [0.05, 0.1) is 26.2 Å². The second kappa shape index (κ2) is 8.82. The first kappa shape index (κ1) is 17.7. The van der Waals surface area contributed by atoms with Crippen LogP contribution < -0.4 is 5.32 Å². The van der Waals surface area contributed by atoms with Gasteiger partial charge in [-0.15, -0.1) is 12.4 Å². The summed E-state index contributed by atoms with van der Waals surface area (Å²) in [4.78, 5) is 14.0. The van der Waals surface area contributed by atoms with Gasteiger partial charge in [-0.2, -0.15) is 0 Å². The molecule has 2 unspecified atom stereocenters. The maximum absolute atomic E-state index is 12.1. The number of piperidine rings is 1. The predicted molar refractivity (Wildman–Crippen MR) is 80.3 cm³/mol. The van der Waals surface area contributed by atoms with E-state index in [0.29, 0.717) is 44.4 Å². The van der Waals surface area contributed by atoms with Gasteiger partial charge < -0.3 is 19.7 Å². The number of methoxy groups -OCH3 is 1. The molecule has 20 heavy (non-hydrogen) atoms. The summed E-state index contributed by atoms with van der Waals surface area (Å²) in [6.45, 7) is 1.64. The molecule has 0 aromatic heterocycles. The van der Waals surface area contributed by atoms with Gasteiger partial charge in [-0.25, -0.2) is 0 Å². The normalized spacial score (nSPS) is 28.0. The van der Waals surface area contributed by atoms with Gasteiger partial charge in [-0.3, -0.25) is 4.79 Å². The van der Waals surface area contributed by atoms with Gasteiger partial charge in [0, 0.05) is 32.3 Å². The predicted octanol–water partition coefficient (Wildman–Crippen LogP) is 1.20. The molecule has 0 aromatic rings. The monoisotopic (exact) mass is 306 g/mol. The number of amides is 1. The first-order valence-corrected chi connectivity index (χ1v) is 7.29. The molecule has 2 aliphatic heterocycles. The van der Waals surface area contributed by atoms with Gasteiger partial charge in [0.15, 0.2) is 0 Å². The molecule has 6 heteroatoms. The molecule has 2 heterocycles. The Kier molecular flexibility index (Phi) is 7.80. The summed E-state index contributed by atoms with van der Waals surface area (Å²) >= 11 is 0. The molecule has 2 bridgehead atoms. The molecular formula is C14H27ClN2O3. The van der Waals surface area contributed by atoms with Crippen LogP contribution >= 0.6 is 12.4 Å². The van der Waals surface area contributed by atoms with Crippen LogP contribution in [0.5, 0.6) is 0 Å². The molecule has 0 spiro atoms. The number of carbonyl (C=O) groups is 1. The van der Waals surface area contributed by atoms with E-state index >= 15 is 0 Å². The molecule has 2 atom stereocenters. The van der Waals surface area contributed by atoms with Gasteiger partial charge in [0.2, 0.25) is 5.91 Å². The molecular weight excluding hydrogens is 280 g/mol. The van der Waals surface area contributed by atoms with Gasteiger partial charge >= 0.3 is 0 Å². The van der Waals surface area contributed by atoms with Crippen molar-refractivity contribution in [2.24, 2.45) is 0 Å². The zero-order chi connectivity index (χ0) is 13.7. The Morgan fingerprint density at radius 3 is 2.45 bits per heavy atom. The fourth-order valence-corrected chi connectivity index (χ4v) is 3.13. The molecule has 5 nitrogen and oxygen atoms in total. The Bertz CT molecular complexity index is 292. The Hall–Kier alpha value is -0.360. The van der Waals surface area contributed by atoms with E-state index in [0.717, 1.165) is 12.8 Å². The number of fused-ring (bicyclic) bond motifs is 2. The number of carbonyl (C=O) groups excluding carboxylic acids is 1. The lowest BCUT2D eigenvalue weighted by atomic mass is 9.98. The molecule has 0 radical (unpaired) electrons. The highest BCUT2D eigenvalue weighted by molar-refractivity contribution is 5.85. The maximum Gasteiger partial charge on any atom is 0.224 e. The fraction of sp³-hybridized carbons (Fsp3) is 0.929. The van der Waals surface area contributed by atoms with Crippen molar-refractivity contribution in [3.05, 3.63) is 0 Å². The van der Waals surface area contributed by atoms with Gasteiger partial charge in [-0.05, 0) is 25.7 Å². The highest BCUT2D eigenvalue weighted by atomic mass is 35.5. The molecule has 0 aromatic carbocycles. The maximum atomic E-state index is 12.1. The second-order valence-electron chi connectivity index (χ2n) is 5.62. The number of rotatable bonds is 7. The Morgan fingerprint density at radius 2 is 1.85 bits per heavy atom. The third-order valence-corrected chi connectivity index (χ3v) is 4.28. The second-order valence-corrected chi connectivity index (χ2v) is 5.62. The Labute approximate surface area is 127 Å². The average Bonchev–Trinajstić information content (AvgIpc) is 2.76. The molecule has 118 valence electrons. The third kappa shape index (κ3) is 4.88. The molecule has 2 rings (SSSR count). The fourth-order valence-electron chi connectivity index (χ4n) is 3.13. The van der Waals surface area contributed by atoms with E-state index in [4.69, 9.17) is 9.47 Å². The molecule has 0 aliphatic carbocycles. The first-order chi connectivity index (χ1) is 9.20. The van der Waals surface area contributed by atoms with Crippen molar-refractivity contribution in [1.82, 2.24) is 10.2 Å². The average molecular weight is 307 g/mol. The van der Waals surface area contributed by atoms with E-state index in [1.807, 2.05) is 11.9 Å². The van der Waals surface area contributed by atoms with Crippen molar-refractivity contribution < 1.29 is 14.3 Å². The first-order valence-electron chi connectivity index (χ1n) is 7.29. The number of nitrogens with zero attached hydrogens (tertiary/aromatic N) is 1. The van der Waals surface area contributed by atoms with Crippen LogP contribution in [0, 0.1) is 0 Å². The lowest BCUT2D eigenvalue weighted by Crippen LogP contribution is -2.48. The SMILES string of the molecule is COCCOCCC(=O)N(C)C1CC2CCC(C1)N2.Cl. The van der Waals surface area contributed by atoms with Crippen LogP contribution in [0.15, 0.2) is 0 Å². The number of nitrogens with one attached hydrogen (secondary N) is 1. The van der Waals surface area contributed by atoms with Crippen molar-refractivity contribution >= 4 is 18.3 Å². The van der Waals surface area contributed by atoms with Gasteiger partial charge in [0.25, 0.3) is 0 Å². The van der Waals surface area contributed by atoms with E-state index in [1.165, 1.54) is 12.8 Å². The van der Waals surface area contributed by atoms with Crippen LogP contribution in [0.4, 0.5) is 0 Å². The van der Waals surface area contributed by atoms with Crippen molar-refractivity contribution in [2.45, 2.75) is 50.2 Å². The molecule has 1 amide bonds. The summed E-state index contributed by atoms with van der Waals surface area (Å²) in [5.74, 6) is 0.198. The van der Waals surface area contributed by atoms with E-state index in [1.54, 1.807) is 7.11 Å². The number of hydrogen-bond acceptors (Lipinski definition) is 4. The van der Waals surface area contributed by atoms with Crippen LogP contribution in [0.2, 0.25) is 0 Å². The largest absolute Gasteiger partial charge is 0.382 e. The van der Waals surface area contributed by atoms with Gasteiger partial charge in [-0.1, -0.05) is 0 Å². The van der Waals surface area contributed by atoms with E-state index in [9.17, 15) is 4.79 Å². The topological polar surface area (TPSA) is 50.8 Å². The van der Waals surface area contributed by atoms with E-state index in [-0.39, 0.29) is 18.3 Å². The molecule has 2 saturated heterocycles. The van der Waals surface area contributed by atoms with E-state index in [2.05, 4.69) is 5.32 Å². The summed E-state index contributed by atoms with van der Waals surface area (Å²) in [6.07, 6.45) is 5.21. The Morgan fingerprint density at radius 1 is 1.20 bits per heavy atom. The van der Waals surface area contributed by atoms with Crippen LogP contribution in [-0.4, -0.2) is 62.9 Å². The number of halogens is 1. The van der Waals surface area contributed by atoms with Crippen molar-refractivity contribution in [3.8, 4) is 0 Å². The van der Waals surface area contributed by atoms with Crippen LogP contribution in [0.3, 0.4) is 0 Å². The van der Waals surface area contributed by atoms with Crippen molar-refractivity contribution in [1.29, 1.82) is 0 Å². The minimum absolute atomic E-state index is 0. The summed E-state index contributed by atoms with van der Waals surface area (Å²) in [5, 5.41) is 3.60. The Balaban J connectivity index is 0.00000200. The highest BCUT2D eigenvalue weighted by Crippen LogP contribution is 2.29. The zero-order valence-electron chi connectivity index (χ0n) is 12.5. The van der Waals surface area contributed by atoms with Crippen molar-refractivity contribution in [3.63, 3.8) is 0 Å². The highest BCUT2D eigenvalue weighted by Gasteiger charge is 2.36. The lowest BCUT2D eigenvalue weighted by Gasteiger charge is -2.35. The standard InChI is InChI=1S/C14H26N2O3.ClH/c1-16(14(17)5-6-19-8-7-18-2)13-9-11-3-4-12(10-13)15-11;/h11-13,15H,3-10H2,1-2H3;1H. The molecule has 2 aliphatic rings. The zero-order valence-corrected chi connectivity index (χ0v) is 13.3. The summed E-state index contributed by atoms with van der Waals surface area (Å²) in [7, 11) is 3.58. The number of hydrogen-bond donors (Lipinski definition) is 1. The molecule has 1 N–H and O–H groups in total. The van der Waals surface area contributed by atoms with Crippen LogP contribution in [0.1, 0.15) is 32.1 Å². The summed E-state index contributed by atoms with van der Waals surface area (Å²) in [6, 6.07) is 1.65. The van der Waals surface area contributed by atoms with Crippen molar-refractivity contribution in [2.75, 3.05) is 34.0 Å². The van der Waals surface area contributed by atoms with Crippen LogP contribution in [0.25, 0.3) is 0 Å². The van der Waals surface area contributed by atoms with Crippen LogP contribution in [-0.2, 0) is 14.3 Å². The minimum atomic E-state index is 0. The third-order valence-electron chi connectivity index (χ3n) is 4.28. The quantitative estimate of drug-likeness (QED) is 0.718. The molecule has 0 saturated carbocycles. The lowest BCUT2D eigenvalue weighted by molar-refractivity contribution is -0.133. The van der Waals surface area contributed by atoms with Gasteiger partial charge in [0.1, 0.15) is 0 Å².